The SMILES string of the molecule is CCN(C)C(=O)Cn1c(=O)c2c(C)c(-n3nccn3)sc2n(CCc2cc(F)ccc2OC)c1=O.OCCO. The molecule has 0 saturated heterocycles. The summed E-state index contributed by atoms with van der Waals surface area (Å²) in [4.78, 5) is 42.8. The molecular weight excluding hydrogens is 531 g/mol. The number of nitrogens with zero attached hydrogens (tertiary/aromatic N) is 6. The summed E-state index contributed by atoms with van der Waals surface area (Å²) in [5.74, 6) is -0.283. The first-order valence-corrected chi connectivity index (χ1v) is 12.9. The number of carbonyl (C=O) groups excluding carboxylic acids is 1. The van der Waals surface area contributed by atoms with Gasteiger partial charge in [-0.3, -0.25) is 18.7 Å². The summed E-state index contributed by atoms with van der Waals surface area (Å²) in [5.41, 5.74) is 0.0224. The van der Waals surface area contributed by atoms with Gasteiger partial charge in [-0.1, -0.05) is 11.3 Å². The van der Waals surface area contributed by atoms with Crippen molar-refractivity contribution < 1.29 is 24.1 Å². The highest BCUT2D eigenvalue weighted by molar-refractivity contribution is 7.21. The van der Waals surface area contributed by atoms with E-state index in [-0.39, 0.29) is 38.6 Å². The topological polar surface area (TPSA) is 145 Å². The van der Waals surface area contributed by atoms with Crippen LogP contribution in [0.2, 0.25) is 0 Å². The minimum atomic E-state index is -0.614. The number of aromatic nitrogens is 5. The summed E-state index contributed by atoms with van der Waals surface area (Å²) in [7, 11) is 3.10. The van der Waals surface area contributed by atoms with Gasteiger partial charge in [0, 0.05) is 25.7 Å². The fraction of sp³-hybridized carbons (Fsp3) is 0.400. The van der Waals surface area contributed by atoms with Crippen LogP contribution in [0.3, 0.4) is 0 Å². The van der Waals surface area contributed by atoms with Crippen molar-refractivity contribution in [3.63, 3.8) is 0 Å². The van der Waals surface area contributed by atoms with Crippen molar-refractivity contribution in [2.45, 2.75) is 33.4 Å². The van der Waals surface area contributed by atoms with Crippen LogP contribution >= 0.6 is 11.3 Å². The van der Waals surface area contributed by atoms with E-state index < -0.39 is 17.1 Å². The number of ether oxygens (including phenoxy) is 1. The predicted octanol–water partition coefficient (Wildman–Crippen LogP) is 0.954. The molecule has 3 heterocycles. The Morgan fingerprint density at radius 2 is 1.82 bits per heavy atom. The van der Waals surface area contributed by atoms with Crippen LogP contribution < -0.4 is 16.0 Å². The molecular formula is C25H31FN6O6S. The van der Waals surface area contributed by atoms with Crippen molar-refractivity contribution in [2.24, 2.45) is 0 Å². The number of hydrogen-bond donors (Lipinski definition) is 2. The Hall–Kier alpha value is -3.88. The molecule has 12 nitrogen and oxygen atoms in total. The Bertz CT molecular complexity index is 1540. The molecule has 0 fully saturated rings. The van der Waals surface area contributed by atoms with Crippen LogP contribution in [0, 0.1) is 12.7 Å². The van der Waals surface area contributed by atoms with Gasteiger partial charge in [0.05, 0.1) is 38.1 Å². The van der Waals surface area contributed by atoms with E-state index in [9.17, 15) is 18.8 Å². The van der Waals surface area contributed by atoms with Crippen LogP contribution in [0.1, 0.15) is 18.1 Å². The van der Waals surface area contributed by atoms with Gasteiger partial charge in [-0.05, 0) is 44.0 Å². The molecule has 210 valence electrons. The average molecular weight is 563 g/mol. The monoisotopic (exact) mass is 562 g/mol. The minimum absolute atomic E-state index is 0.125. The second-order valence-corrected chi connectivity index (χ2v) is 9.40. The van der Waals surface area contributed by atoms with Crippen LogP contribution in [0.15, 0.2) is 40.2 Å². The third-order valence-corrected chi connectivity index (χ3v) is 7.29. The van der Waals surface area contributed by atoms with Gasteiger partial charge in [0.2, 0.25) is 5.91 Å². The summed E-state index contributed by atoms with van der Waals surface area (Å²) in [6, 6.07) is 4.18. The third kappa shape index (κ3) is 6.41. The summed E-state index contributed by atoms with van der Waals surface area (Å²) < 4.78 is 21.6. The molecule has 14 heteroatoms. The maximum Gasteiger partial charge on any atom is 0.332 e. The number of likely N-dealkylation sites (N-methyl/N-ethyl adjacent to an activating group) is 1. The smallest absolute Gasteiger partial charge is 0.332 e. The first-order chi connectivity index (χ1) is 18.7. The fourth-order valence-electron chi connectivity index (χ4n) is 3.84. The third-order valence-electron chi connectivity index (χ3n) is 6.01. The Morgan fingerprint density at radius 1 is 1.15 bits per heavy atom. The van der Waals surface area contributed by atoms with E-state index in [0.29, 0.717) is 38.6 Å². The van der Waals surface area contributed by atoms with Gasteiger partial charge >= 0.3 is 5.69 Å². The highest BCUT2D eigenvalue weighted by atomic mass is 32.1. The predicted molar refractivity (Wildman–Crippen MR) is 144 cm³/mol. The lowest BCUT2D eigenvalue weighted by atomic mass is 10.1. The van der Waals surface area contributed by atoms with Crippen LogP contribution in [0.25, 0.3) is 15.2 Å². The average Bonchev–Trinajstić information content (AvgIpc) is 3.58. The highest BCUT2D eigenvalue weighted by Crippen LogP contribution is 2.30. The van der Waals surface area contributed by atoms with Crippen LogP contribution in [-0.4, -0.2) is 79.1 Å². The standard InChI is InChI=1S/C23H25FN6O4S.C2H6O2/c1-5-27(3)18(31)13-29-20(32)19-14(2)21(30-25-9-10-26-30)35-22(19)28(23(29)33)11-8-15-12-16(24)6-7-17(15)34-4;3-1-2-4/h6-7,9-10,12H,5,8,11,13H2,1-4H3;3-4H,1-2H2. The zero-order valence-corrected chi connectivity index (χ0v) is 22.9. The number of rotatable bonds is 9. The maximum absolute atomic E-state index is 13.9. The zero-order chi connectivity index (χ0) is 28.7. The number of aliphatic hydroxyl groups excluding tert-OH is 2. The fourth-order valence-corrected chi connectivity index (χ4v) is 5.07. The lowest BCUT2D eigenvalue weighted by Gasteiger charge is -2.17. The summed E-state index contributed by atoms with van der Waals surface area (Å²) in [6.07, 6.45) is 3.30. The van der Waals surface area contributed by atoms with Crippen molar-refractivity contribution in [3.8, 4) is 10.8 Å². The van der Waals surface area contributed by atoms with Crippen molar-refractivity contribution in [2.75, 3.05) is 33.9 Å². The number of thiophene rings is 1. The van der Waals surface area contributed by atoms with Gasteiger partial charge in [-0.25, -0.2) is 9.18 Å². The molecule has 0 aliphatic carbocycles. The number of aryl methyl sites for hydroxylation is 3. The van der Waals surface area contributed by atoms with E-state index in [1.165, 1.54) is 63.3 Å². The molecule has 3 aromatic heterocycles. The Balaban J connectivity index is 0.000000983. The van der Waals surface area contributed by atoms with E-state index in [4.69, 9.17) is 14.9 Å². The molecule has 39 heavy (non-hydrogen) atoms. The van der Waals surface area contributed by atoms with Crippen LogP contribution in [0.5, 0.6) is 5.75 Å². The molecule has 0 atom stereocenters. The zero-order valence-electron chi connectivity index (χ0n) is 22.1. The lowest BCUT2D eigenvalue weighted by Crippen LogP contribution is -2.44. The van der Waals surface area contributed by atoms with Gasteiger partial charge in [-0.2, -0.15) is 10.2 Å². The minimum Gasteiger partial charge on any atom is -0.496 e. The highest BCUT2D eigenvalue weighted by Gasteiger charge is 2.23. The molecule has 4 rings (SSSR count). The van der Waals surface area contributed by atoms with Gasteiger partial charge in [0.1, 0.15) is 27.9 Å². The van der Waals surface area contributed by atoms with Crippen molar-refractivity contribution >= 4 is 27.5 Å². The quantitative estimate of drug-likeness (QED) is 0.307. The second-order valence-electron chi connectivity index (χ2n) is 8.42. The molecule has 0 unspecified atom stereocenters. The number of carbonyl (C=O) groups is 1. The molecule has 4 aromatic rings. The largest absolute Gasteiger partial charge is 0.496 e. The van der Waals surface area contributed by atoms with E-state index in [2.05, 4.69) is 10.2 Å². The molecule has 1 aromatic carbocycles. The number of fused-ring (bicyclic) bond motifs is 1. The van der Waals surface area contributed by atoms with E-state index >= 15 is 0 Å². The molecule has 0 bridgehead atoms. The van der Waals surface area contributed by atoms with Gasteiger partial charge < -0.3 is 19.8 Å². The number of benzene rings is 1. The Morgan fingerprint density at radius 3 is 2.41 bits per heavy atom. The summed E-state index contributed by atoms with van der Waals surface area (Å²) in [5, 5.41) is 24.5. The second kappa shape index (κ2) is 13.3. The van der Waals surface area contributed by atoms with Crippen LogP contribution in [-0.2, 0) is 24.3 Å². The molecule has 0 spiro atoms. The first kappa shape index (κ1) is 29.7. The van der Waals surface area contributed by atoms with E-state index in [0.717, 1.165) is 4.57 Å². The van der Waals surface area contributed by atoms with Crippen molar-refractivity contribution in [1.82, 2.24) is 29.0 Å². The van der Waals surface area contributed by atoms with Crippen molar-refractivity contribution in [1.29, 1.82) is 0 Å². The maximum atomic E-state index is 13.9. The first-order valence-electron chi connectivity index (χ1n) is 12.1. The lowest BCUT2D eigenvalue weighted by molar-refractivity contribution is -0.130. The summed E-state index contributed by atoms with van der Waals surface area (Å²) in [6.45, 7) is 3.51. The van der Waals surface area contributed by atoms with Crippen LogP contribution in [0.4, 0.5) is 4.39 Å². The Labute approximate surface area is 227 Å². The van der Waals surface area contributed by atoms with E-state index in [1.54, 1.807) is 20.9 Å². The molecule has 0 saturated carbocycles. The van der Waals surface area contributed by atoms with Gasteiger partial charge in [-0.15, -0.1) is 4.80 Å². The number of aliphatic hydroxyl groups is 2. The molecule has 0 aliphatic rings. The molecule has 1 amide bonds. The number of amides is 1. The van der Waals surface area contributed by atoms with E-state index in [1.807, 2.05) is 0 Å². The number of hydrogen-bond acceptors (Lipinski definition) is 9. The molecule has 2 N–H and O–H groups in total. The normalized spacial score (nSPS) is 10.8. The number of halogens is 1. The molecule has 0 radical (unpaired) electrons. The van der Waals surface area contributed by atoms with Gasteiger partial charge in [0.15, 0.2) is 0 Å². The molecule has 0 aliphatic heterocycles. The number of methoxy groups -OCH3 is 1. The van der Waals surface area contributed by atoms with Crippen molar-refractivity contribution in [3.05, 3.63) is 68.4 Å². The summed E-state index contributed by atoms with van der Waals surface area (Å²) >= 11 is 1.21. The Kier molecular flexibility index (Phi) is 10.1. The van der Waals surface area contributed by atoms with Gasteiger partial charge in [0.25, 0.3) is 5.56 Å².